The van der Waals surface area contributed by atoms with E-state index in [1.54, 1.807) is 45.8 Å². The fourth-order valence-corrected chi connectivity index (χ4v) is 4.04. The van der Waals surface area contributed by atoms with Crippen molar-refractivity contribution in [3.8, 4) is 0 Å². The van der Waals surface area contributed by atoms with Gasteiger partial charge in [-0.25, -0.2) is 4.79 Å². The second kappa shape index (κ2) is 11.3. The van der Waals surface area contributed by atoms with Crippen LogP contribution in [0.5, 0.6) is 0 Å². The van der Waals surface area contributed by atoms with Gasteiger partial charge in [0.25, 0.3) is 0 Å². The minimum Gasteiger partial charge on any atom is -0.444 e. The van der Waals surface area contributed by atoms with Crippen LogP contribution in [0.2, 0.25) is 0 Å². The van der Waals surface area contributed by atoms with E-state index >= 15 is 0 Å². The molecule has 0 aromatic heterocycles. The molecule has 2 aliphatic rings. The highest BCUT2D eigenvalue weighted by Crippen LogP contribution is 2.28. The first-order chi connectivity index (χ1) is 14.9. The van der Waals surface area contributed by atoms with Crippen LogP contribution in [0.15, 0.2) is 11.1 Å². The summed E-state index contributed by atoms with van der Waals surface area (Å²) in [6, 6.07) is -0.968. The number of carbonyl (C=O) groups is 3. The fourth-order valence-electron chi connectivity index (χ4n) is 3.88. The molecule has 0 bridgehead atoms. The fraction of sp³-hybridized carbons (Fsp3) is 0.762. The second-order valence-electron chi connectivity index (χ2n) is 9.58. The Morgan fingerprint density at radius 1 is 1.16 bits per heavy atom. The molecule has 1 aliphatic heterocycles. The Balaban J connectivity index is 2.01. The number of alkyl carbamates (subject to hydrolysis) is 1. The summed E-state index contributed by atoms with van der Waals surface area (Å²) in [7, 11) is 3.56. The topological polar surface area (TPSA) is 132 Å². The van der Waals surface area contributed by atoms with Crippen molar-refractivity contribution in [1.82, 2.24) is 26.2 Å². The highest BCUT2D eigenvalue weighted by molar-refractivity contribution is 6.35. The van der Waals surface area contributed by atoms with Crippen LogP contribution in [-0.2, 0) is 14.3 Å². The predicted molar refractivity (Wildman–Crippen MR) is 121 cm³/mol. The second-order valence-corrected chi connectivity index (χ2v) is 10.1. The van der Waals surface area contributed by atoms with Crippen LogP contribution >= 0.6 is 11.6 Å². The molecular weight excluding hydrogens is 438 g/mol. The molecule has 1 saturated carbocycles. The highest BCUT2D eigenvalue weighted by atomic mass is 35.5. The van der Waals surface area contributed by atoms with Gasteiger partial charge in [-0.3, -0.25) is 19.8 Å². The minimum atomic E-state index is -0.778. The van der Waals surface area contributed by atoms with Gasteiger partial charge < -0.3 is 25.8 Å². The third kappa shape index (κ3) is 8.23. The van der Waals surface area contributed by atoms with Crippen molar-refractivity contribution in [1.29, 1.82) is 0 Å². The number of amides is 3. The van der Waals surface area contributed by atoms with E-state index in [-0.39, 0.29) is 12.1 Å². The van der Waals surface area contributed by atoms with Crippen molar-refractivity contribution in [2.24, 2.45) is 5.92 Å². The molecule has 182 valence electrons. The largest absolute Gasteiger partial charge is 0.444 e. The van der Waals surface area contributed by atoms with Crippen LogP contribution in [0, 0.1) is 5.92 Å². The molecule has 10 nitrogen and oxygen atoms in total. The lowest BCUT2D eigenvalue weighted by atomic mass is 9.81. The normalized spacial score (nSPS) is 27.2. The summed E-state index contributed by atoms with van der Waals surface area (Å²) in [5.41, 5.74) is -0.676. The molecule has 3 amide bonds. The van der Waals surface area contributed by atoms with E-state index in [0.717, 1.165) is 0 Å². The molecule has 5 N–H and O–H groups in total. The summed E-state index contributed by atoms with van der Waals surface area (Å²) in [6.07, 6.45) is 2.15. The molecule has 0 aromatic rings. The zero-order valence-electron chi connectivity index (χ0n) is 19.4. The highest BCUT2D eigenvalue weighted by Gasteiger charge is 2.37. The summed E-state index contributed by atoms with van der Waals surface area (Å²) < 4.78 is 5.35. The number of hydrogen-bond donors (Lipinski definition) is 5. The van der Waals surface area contributed by atoms with Crippen LogP contribution in [0.3, 0.4) is 0 Å². The average Bonchev–Trinajstić information content (AvgIpc) is 2.68. The summed E-state index contributed by atoms with van der Waals surface area (Å²) in [6.45, 7) is 5.71. The Morgan fingerprint density at radius 3 is 2.38 bits per heavy atom. The number of nitrogens with one attached hydrogen (secondary N) is 4. The van der Waals surface area contributed by atoms with Gasteiger partial charge in [0.05, 0.1) is 12.2 Å². The Morgan fingerprint density at radius 2 is 1.81 bits per heavy atom. The lowest BCUT2D eigenvalue weighted by Crippen LogP contribution is -2.59. The molecule has 11 heteroatoms. The standard InChI is InChI=1S/C21H36ClN5O5/c1-21(2,3)32-20(31)25-15-10-12(19(30)27(4)5)6-8-14(15)24-17(28)18(29)26-16-9-7-13(22)11-23-16/h7,12,14-16,19,23,30H,6,8-11H2,1-5H3,(H,24,28)(H,25,31)(H,26,29)/t12-,14-,15+,16+,19+/m0/s1. The summed E-state index contributed by atoms with van der Waals surface area (Å²) in [4.78, 5) is 39.0. The lowest BCUT2D eigenvalue weighted by molar-refractivity contribution is -0.140. The molecule has 0 unspecified atom stereocenters. The van der Waals surface area contributed by atoms with Crippen molar-refractivity contribution in [2.75, 3.05) is 20.6 Å². The summed E-state index contributed by atoms with van der Waals surface area (Å²) in [5.74, 6) is -1.64. The van der Waals surface area contributed by atoms with Crippen molar-refractivity contribution in [3.05, 3.63) is 11.1 Å². The SMILES string of the molecule is CN(C)[C@H](O)[C@H]1CC[C@H](NC(=O)C(=O)N[C@@H]2CC=C(Cl)CN2)[C@H](NC(=O)OC(C)(C)C)C1. The van der Waals surface area contributed by atoms with Gasteiger partial charge in [-0.1, -0.05) is 17.7 Å². The van der Waals surface area contributed by atoms with E-state index in [2.05, 4.69) is 21.3 Å². The molecule has 0 spiro atoms. The van der Waals surface area contributed by atoms with Crippen LogP contribution in [0.4, 0.5) is 4.79 Å². The van der Waals surface area contributed by atoms with Crippen LogP contribution in [0.25, 0.3) is 0 Å². The minimum absolute atomic E-state index is 0.102. The van der Waals surface area contributed by atoms with Crippen molar-refractivity contribution in [3.63, 3.8) is 0 Å². The number of nitrogens with zero attached hydrogens (tertiary/aromatic N) is 1. The van der Waals surface area contributed by atoms with E-state index < -0.39 is 41.8 Å². The molecule has 1 heterocycles. The molecular formula is C21H36ClN5O5. The Bertz CT molecular complexity index is 724. The van der Waals surface area contributed by atoms with E-state index in [0.29, 0.717) is 37.3 Å². The van der Waals surface area contributed by atoms with E-state index in [1.807, 2.05) is 0 Å². The third-order valence-corrected chi connectivity index (χ3v) is 5.75. The predicted octanol–water partition coefficient (Wildman–Crippen LogP) is 0.603. The number of rotatable bonds is 5. The maximum Gasteiger partial charge on any atom is 0.407 e. The maximum absolute atomic E-state index is 12.5. The molecule has 5 atom stereocenters. The molecule has 0 aromatic carbocycles. The molecule has 1 fully saturated rings. The Hall–Kier alpha value is -1.88. The zero-order chi connectivity index (χ0) is 24.1. The monoisotopic (exact) mass is 473 g/mol. The van der Waals surface area contributed by atoms with Gasteiger partial charge in [0.1, 0.15) is 11.8 Å². The Labute approximate surface area is 194 Å². The van der Waals surface area contributed by atoms with Crippen LogP contribution in [-0.4, -0.2) is 78.6 Å². The van der Waals surface area contributed by atoms with Gasteiger partial charge in [0.2, 0.25) is 0 Å². The van der Waals surface area contributed by atoms with Crippen molar-refractivity contribution < 1.29 is 24.2 Å². The average molecular weight is 474 g/mol. The van der Waals surface area contributed by atoms with Gasteiger partial charge in [0, 0.05) is 30.0 Å². The molecule has 1 aliphatic carbocycles. The van der Waals surface area contributed by atoms with Crippen molar-refractivity contribution >= 4 is 29.5 Å². The third-order valence-electron chi connectivity index (χ3n) is 5.46. The van der Waals surface area contributed by atoms with Gasteiger partial charge in [-0.05, 0) is 54.1 Å². The number of hydrogen-bond acceptors (Lipinski definition) is 7. The smallest absolute Gasteiger partial charge is 0.407 e. The van der Waals surface area contributed by atoms with Crippen LogP contribution < -0.4 is 21.3 Å². The molecule has 2 rings (SSSR count). The first-order valence-corrected chi connectivity index (χ1v) is 11.3. The molecule has 32 heavy (non-hydrogen) atoms. The number of aliphatic hydroxyl groups is 1. The molecule has 0 saturated heterocycles. The summed E-state index contributed by atoms with van der Waals surface area (Å²) >= 11 is 5.90. The van der Waals surface area contributed by atoms with Gasteiger partial charge in [0.15, 0.2) is 0 Å². The first-order valence-electron chi connectivity index (χ1n) is 10.9. The van der Waals surface area contributed by atoms with E-state index in [9.17, 15) is 19.5 Å². The first kappa shape index (κ1) is 26.4. The van der Waals surface area contributed by atoms with Crippen molar-refractivity contribution in [2.45, 2.75) is 76.5 Å². The van der Waals surface area contributed by atoms with Gasteiger partial charge >= 0.3 is 17.9 Å². The molecule has 0 radical (unpaired) electrons. The van der Waals surface area contributed by atoms with E-state index in [4.69, 9.17) is 16.3 Å². The Kier molecular flexibility index (Phi) is 9.32. The maximum atomic E-state index is 12.5. The van der Waals surface area contributed by atoms with E-state index in [1.165, 1.54) is 0 Å². The van der Waals surface area contributed by atoms with Crippen LogP contribution in [0.1, 0.15) is 46.5 Å². The number of halogens is 1. The van der Waals surface area contributed by atoms with Gasteiger partial charge in [-0.15, -0.1) is 0 Å². The quantitative estimate of drug-likeness (QED) is 0.292. The number of ether oxygens (including phenoxy) is 1. The number of aliphatic hydroxyl groups excluding tert-OH is 1. The summed E-state index contributed by atoms with van der Waals surface area (Å²) in [5, 5.41) is 22.3. The van der Waals surface area contributed by atoms with Gasteiger partial charge in [-0.2, -0.15) is 0 Å². The lowest BCUT2D eigenvalue weighted by Gasteiger charge is -2.40. The number of carbonyl (C=O) groups excluding carboxylic acids is 3. The zero-order valence-corrected chi connectivity index (χ0v) is 20.2.